The van der Waals surface area contributed by atoms with Crippen LogP contribution in [0.5, 0.6) is 0 Å². The van der Waals surface area contributed by atoms with Gasteiger partial charge in [-0.25, -0.2) is 0 Å². The van der Waals surface area contributed by atoms with Gasteiger partial charge in [-0.3, -0.25) is 0 Å². The zero-order valence-corrected chi connectivity index (χ0v) is 18.2. The molecule has 0 unspecified atom stereocenters. The van der Waals surface area contributed by atoms with Crippen LogP contribution in [0.2, 0.25) is 0 Å². The van der Waals surface area contributed by atoms with Crippen molar-refractivity contribution in [3.63, 3.8) is 0 Å². The number of hydrogen-bond donors (Lipinski definition) is 0. The number of rotatable bonds is 14. The maximum absolute atomic E-state index is 2.41. The van der Waals surface area contributed by atoms with Crippen LogP contribution in [0.3, 0.4) is 0 Å². The van der Waals surface area contributed by atoms with E-state index in [1.165, 1.54) is 89.9 Å². The molecule has 0 saturated heterocycles. The van der Waals surface area contributed by atoms with E-state index in [4.69, 9.17) is 0 Å². The zero-order valence-electron chi connectivity index (χ0n) is 15.8. The summed E-state index contributed by atoms with van der Waals surface area (Å²) in [6.45, 7) is 4.57. The molecule has 0 aliphatic heterocycles. The van der Waals surface area contributed by atoms with Gasteiger partial charge in [0, 0.05) is 0 Å². The van der Waals surface area contributed by atoms with Crippen LogP contribution in [-0.4, -0.2) is 48.9 Å². The van der Waals surface area contributed by atoms with Gasteiger partial charge in [0.2, 0.25) is 0 Å². The molecule has 0 aliphatic carbocycles. The Morgan fingerprint density at radius 1 is 0.526 bits per heavy atom. The third-order valence-corrected chi connectivity index (χ3v) is 3.62. The summed E-state index contributed by atoms with van der Waals surface area (Å²) in [5, 5.41) is 0. The van der Waals surface area contributed by atoms with Crippen LogP contribution < -0.4 is 0 Å². The second-order valence-electron chi connectivity index (χ2n) is 5.58. The molecule has 0 fully saturated rings. The third-order valence-electron chi connectivity index (χ3n) is 3.62. The van der Waals surface area contributed by atoms with Gasteiger partial charge in [0.05, 0.1) is 0 Å². The standard InChI is InChI=1S/C18H36.Ba.2H/c1-3-5-7-9-11-13-15-17-18-16-14-12-10-8-6-4-2;;;/h17-18H,3-16H2,1-2H3;;;/q;+2;2*-1/b18-17-;;;. The molecule has 0 aromatic rings. The van der Waals surface area contributed by atoms with Gasteiger partial charge in [-0.2, -0.15) is 0 Å². The molecule has 0 nitrogen and oxygen atoms in total. The fourth-order valence-corrected chi connectivity index (χ4v) is 2.32. The molecule has 0 radical (unpaired) electrons. The molecule has 0 N–H and O–H groups in total. The van der Waals surface area contributed by atoms with Crippen molar-refractivity contribution in [2.24, 2.45) is 0 Å². The first-order valence-corrected chi connectivity index (χ1v) is 8.56. The fourth-order valence-electron chi connectivity index (χ4n) is 2.32. The van der Waals surface area contributed by atoms with Crippen LogP contribution in [0, 0.1) is 0 Å². The van der Waals surface area contributed by atoms with Gasteiger partial charge >= 0.3 is 48.9 Å². The zero-order chi connectivity index (χ0) is 13.3. The Morgan fingerprint density at radius 2 is 0.842 bits per heavy atom. The fraction of sp³-hybridized carbons (Fsp3) is 0.889. The Kier molecular flexibility index (Phi) is 25.7. The van der Waals surface area contributed by atoms with Crippen molar-refractivity contribution >= 4 is 48.9 Å². The molecule has 0 aliphatic rings. The van der Waals surface area contributed by atoms with Gasteiger partial charge in [-0.15, -0.1) is 0 Å². The Balaban J connectivity index is -0.000000482. The first kappa shape index (κ1) is 22.6. The Morgan fingerprint density at radius 3 is 1.21 bits per heavy atom. The summed E-state index contributed by atoms with van der Waals surface area (Å²) in [6, 6.07) is 0. The summed E-state index contributed by atoms with van der Waals surface area (Å²) in [6.07, 6.45) is 24.4. The molecule has 0 heterocycles. The largest absolute Gasteiger partial charge is 2.00 e. The second kappa shape index (κ2) is 21.6. The quantitative estimate of drug-likeness (QED) is 0.172. The van der Waals surface area contributed by atoms with E-state index in [0.717, 1.165) is 0 Å². The summed E-state index contributed by atoms with van der Waals surface area (Å²) in [4.78, 5) is 0. The number of allylic oxidation sites excluding steroid dienone is 2. The third kappa shape index (κ3) is 21.8. The van der Waals surface area contributed by atoms with E-state index in [1.807, 2.05) is 0 Å². The van der Waals surface area contributed by atoms with Gasteiger partial charge in [0.15, 0.2) is 0 Å². The van der Waals surface area contributed by atoms with E-state index in [9.17, 15) is 0 Å². The van der Waals surface area contributed by atoms with Crippen LogP contribution in [0.1, 0.15) is 107 Å². The molecular formula is C18H38Ba. The van der Waals surface area contributed by atoms with E-state index in [-0.39, 0.29) is 51.7 Å². The first-order valence-electron chi connectivity index (χ1n) is 8.56. The molecule has 0 rings (SSSR count). The van der Waals surface area contributed by atoms with Crippen molar-refractivity contribution in [2.45, 2.75) is 104 Å². The van der Waals surface area contributed by atoms with Crippen LogP contribution in [-0.2, 0) is 0 Å². The van der Waals surface area contributed by atoms with E-state index in [1.54, 1.807) is 0 Å². The van der Waals surface area contributed by atoms with E-state index in [0.29, 0.717) is 0 Å². The molecule has 0 spiro atoms. The number of hydrogen-bond acceptors (Lipinski definition) is 0. The summed E-state index contributed by atoms with van der Waals surface area (Å²) in [5.41, 5.74) is 0. The molecule has 0 aromatic carbocycles. The van der Waals surface area contributed by atoms with Crippen molar-refractivity contribution in [1.82, 2.24) is 0 Å². The minimum Gasteiger partial charge on any atom is -1.00 e. The molecule has 0 saturated carbocycles. The predicted octanol–water partition coefficient (Wildman–Crippen LogP) is 6.89. The first-order chi connectivity index (χ1) is 8.91. The molecule has 0 bridgehead atoms. The summed E-state index contributed by atoms with van der Waals surface area (Å²) in [7, 11) is 0. The molecule has 1 heteroatoms. The summed E-state index contributed by atoms with van der Waals surface area (Å²) in [5.74, 6) is 0. The van der Waals surface area contributed by atoms with Gasteiger partial charge < -0.3 is 2.85 Å². The maximum atomic E-state index is 2.41. The Bertz CT molecular complexity index is 155. The summed E-state index contributed by atoms with van der Waals surface area (Å²) < 4.78 is 0. The second-order valence-corrected chi connectivity index (χ2v) is 5.58. The molecule has 0 amide bonds. The minimum atomic E-state index is 0. The Hall–Kier alpha value is 1.31. The normalized spacial score (nSPS) is 10.8. The van der Waals surface area contributed by atoms with Crippen molar-refractivity contribution in [2.75, 3.05) is 0 Å². The smallest absolute Gasteiger partial charge is 1.00 e. The Labute approximate surface area is 166 Å². The number of unbranched alkanes of at least 4 members (excludes halogenated alkanes) is 12. The van der Waals surface area contributed by atoms with Crippen LogP contribution in [0.25, 0.3) is 0 Å². The molecule has 19 heavy (non-hydrogen) atoms. The van der Waals surface area contributed by atoms with Crippen molar-refractivity contribution in [3.8, 4) is 0 Å². The average molecular weight is 392 g/mol. The SMILES string of the molecule is CCCCCCCC/C=C\CCCCCCCC.[Ba+2].[H-].[H-]. The minimum absolute atomic E-state index is 0. The van der Waals surface area contributed by atoms with Crippen LogP contribution >= 0.6 is 0 Å². The van der Waals surface area contributed by atoms with Gasteiger partial charge in [0.1, 0.15) is 0 Å². The van der Waals surface area contributed by atoms with E-state index in [2.05, 4.69) is 26.0 Å². The van der Waals surface area contributed by atoms with Crippen LogP contribution in [0.4, 0.5) is 0 Å². The average Bonchev–Trinajstić information content (AvgIpc) is 2.39. The summed E-state index contributed by atoms with van der Waals surface area (Å²) >= 11 is 0. The molecule has 112 valence electrons. The molecular weight excluding hydrogens is 354 g/mol. The van der Waals surface area contributed by atoms with E-state index < -0.39 is 0 Å². The van der Waals surface area contributed by atoms with Gasteiger partial charge in [0.25, 0.3) is 0 Å². The van der Waals surface area contributed by atoms with Crippen molar-refractivity contribution in [3.05, 3.63) is 12.2 Å². The van der Waals surface area contributed by atoms with Crippen molar-refractivity contribution in [1.29, 1.82) is 0 Å². The van der Waals surface area contributed by atoms with Crippen LogP contribution in [0.15, 0.2) is 12.2 Å². The monoisotopic (exact) mass is 392 g/mol. The van der Waals surface area contributed by atoms with Crippen molar-refractivity contribution < 1.29 is 2.85 Å². The van der Waals surface area contributed by atoms with Gasteiger partial charge in [-0.1, -0.05) is 90.2 Å². The van der Waals surface area contributed by atoms with E-state index >= 15 is 0 Å². The topological polar surface area (TPSA) is 0 Å². The predicted molar refractivity (Wildman–Crippen MR) is 93.1 cm³/mol. The molecule has 0 atom stereocenters. The molecule has 0 aromatic heterocycles. The van der Waals surface area contributed by atoms with Gasteiger partial charge in [-0.05, 0) is 25.7 Å². The maximum Gasteiger partial charge on any atom is 2.00 e.